The number of nitrogens with zero attached hydrogens (tertiary/aromatic N) is 1. The Bertz CT molecular complexity index is 897. The molecule has 2 aromatic carbocycles. The lowest BCUT2D eigenvalue weighted by molar-refractivity contribution is -0.133. The first-order valence-corrected chi connectivity index (χ1v) is 11.1. The first-order valence-electron chi connectivity index (χ1n) is 9.22. The van der Waals surface area contributed by atoms with Crippen molar-refractivity contribution >= 4 is 15.9 Å². The molecule has 27 heavy (non-hydrogen) atoms. The number of benzene rings is 2. The average molecular weight is 387 g/mol. The summed E-state index contributed by atoms with van der Waals surface area (Å²) in [6.07, 6.45) is 3.33. The Labute approximate surface area is 161 Å². The Hall–Kier alpha value is -2.18. The zero-order valence-electron chi connectivity index (χ0n) is 15.8. The van der Waals surface area contributed by atoms with E-state index in [0.29, 0.717) is 13.0 Å². The van der Waals surface area contributed by atoms with Crippen molar-refractivity contribution in [1.82, 2.24) is 9.62 Å². The number of nitrogens with one attached hydrogen (secondary N) is 1. The zero-order valence-corrected chi connectivity index (χ0v) is 16.6. The summed E-state index contributed by atoms with van der Waals surface area (Å²) in [6.45, 7) is 2.22. The number of carbonyl (C=O) groups excluding carboxylic acids is 1. The van der Waals surface area contributed by atoms with E-state index in [1.165, 1.54) is 6.26 Å². The normalized spacial score (nSPS) is 20.4. The molecule has 1 heterocycles. The molecular weight excluding hydrogens is 360 g/mol. The van der Waals surface area contributed by atoms with Crippen LogP contribution >= 0.6 is 0 Å². The summed E-state index contributed by atoms with van der Waals surface area (Å²) < 4.78 is 26.3. The summed E-state index contributed by atoms with van der Waals surface area (Å²) >= 11 is 0. The summed E-state index contributed by atoms with van der Waals surface area (Å²) in [5.74, 6) is -0.0146. The second kappa shape index (κ2) is 8.23. The minimum Gasteiger partial charge on any atom is -0.338 e. The summed E-state index contributed by atoms with van der Waals surface area (Å²) in [6, 6.07) is 17.9. The number of piperidine rings is 1. The number of sulfonamides is 1. The SMILES string of the molecule is CC(=O)N1CCCC(NS(C)(=O)=O)C1Cc1cccc(-c2ccccc2)c1. The van der Waals surface area contributed by atoms with Gasteiger partial charge in [-0.25, -0.2) is 13.1 Å². The Kier molecular flexibility index (Phi) is 5.97. The maximum atomic E-state index is 12.1. The molecule has 2 atom stereocenters. The molecular formula is C21H26N2O3S. The zero-order chi connectivity index (χ0) is 19.4. The minimum atomic E-state index is -3.34. The van der Waals surface area contributed by atoms with Crippen molar-refractivity contribution in [2.24, 2.45) is 0 Å². The van der Waals surface area contributed by atoms with Crippen LogP contribution < -0.4 is 4.72 Å². The number of hydrogen-bond acceptors (Lipinski definition) is 3. The lowest BCUT2D eigenvalue weighted by Crippen LogP contribution is -2.57. The van der Waals surface area contributed by atoms with Crippen molar-refractivity contribution in [3.63, 3.8) is 0 Å². The molecule has 1 N–H and O–H groups in total. The van der Waals surface area contributed by atoms with Crippen LogP contribution in [-0.4, -0.2) is 44.1 Å². The fourth-order valence-corrected chi connectivity index (χ4v) is 4.69. The van der Waals surface area contributed by atoms with Crippen molar-refractivity contribution in [2.75, 3.05) is 12.8 Å². The molecule has 1 aliphatic heterocycles. The standard InChI is InChI=1S/C21H26N2O3S/c1-16(24)23-13-7-12-20(22-27(2,25)26)21(23)15-17-8-6-11-19(14-17)18-9-4-3-5-10-18/h3-6,8-11,14,20-22H,7,12-13,15H2,1-2H3. The first kappa shape index (κ1) is 19.6. The van der Waals surface area contributed by atoms with Crippen LogP contribution in [0.1, 0.15) is 25.3 Å². The van der Waals surface area contributed by atoms with Crippen LogP contribution in [0.5, 0.6) is 0 Å². The van der Waals surface area contributed by atoms with Crippen molar-refractivity contribution < 1.29 is 13.2 Å². The molecule has 1 amide bonds. The Balaban J connectivity index is 1.88. The van der Waals surface area contributed by atoms with E-state index in [1.807, 2.05) is 35.2 Å². The van der Waals surface area contributed by atoms with Gasteiger partial charge in [0.25, 0.3) is 0 Å². The largest absolute Gasteiger partial charge is 0.338 e. The lowest BCUT2D eigenvalue weighted by Gasteiger charge is -2.41. The molecule has 0 radical (unpaired) electrons. The molecule has 0 spiro atoms. The fourth-order valence-electron chi connectivity index (χ4n) is 3.86. The maximum Gasteiger partial charge on any atom is 0.219 e. The Morgan fingerprint density at radius 2 is 1.81 bits per heavy atom. The van der Waals surface area contributed by atoms with E-state index in [1.54, 1.807) is 6.92 Å². The van der Waals surface area contributed by atoms with E-state index < -0.39 is 10.0 Å². The van der Waals surface area contributed by atoms with Crippen molar-refractivity contribution in [2.45, 2.75) is 38.3 Å². The molecule has 0 aromatic heterocycles. The highest BCUT2D eigenvalue weighted by atomic mass is 32.2. The third-order valence-corrected chi connectivity index (χ3v) is 5.76. The highest BCUT2D eigenvalue weighted by Gasteiger charge is 2.34. The van der Waals surface area contributed by atoms with Crippen molar-refractivity contribution in [3.8, 4) is 11.1 Å². The highest BCUT2D eigenvalue weighted by molar-refractivity contribution is 7.88. The van der Waals surface area contributed by atoms with Gasteiger partial charge >= 0.3 is 0 Å². The van der Waals surface area contributed by atoms with Gasteiger partial charge in [-0.3, -0.25) is 4.79 Å². The topological polar surface area (TPSA) is 66.5 Å². The first-order chi connectivity index (χ1) is 12.8. The Morgan fingerprint density at radius 1 is 1.11 bits per heavy atom. The van der Waals surface area contributed by atoms with Gasteiger partial charge in [0, 0.05) is 19.5 Å². The predicted octanol–water partition coefficient (Wildman–Crippen LogP) is 2.82. The number of amides is 1. The molecule has 0 aliphatic carbocycles. The van der Waals surface area contributed by atoms with Crippen LogP contribution in [0, 0.1) is 0 Å². The van der Waals surface area contributed by atoms with Crippen LogP contribution in [0.25, 0.3) is 11.1 Å². The molecule has 3 rings (SSSR count). The summed E-state index contributed by atoms with van der Waals surface area (Å²) in [7, 11) is -3.34. The number of rotatable bonds is 5. The van der Waals surface area contributed by atoms with Gasteiger partial charge in [0.1, 0.15) is 0 Å². The van der Waals surface area contributed by atoms with Crippen LogP contribution in [0.4, 0.5) is 0 Å². The fraction of sp³-hybridized carbons (Fsp3) is 0.381. The van der Waals surface area contributed by atoms with Crippen LogP contribution in [0.3, 0.4) is 0 Å². The van der Waals surface area contributed by atoms with E-state index in [0.717, 1.165) is 29.5 Å². The van der Waals surface area contributed by atoms with Gasteiger partial charge in [0.2, 0.25) is 15.9 Å². The number of hydrogen-bond donors (Lipinski definition) is 1. The van der Waals surface area contributed by atoms with Crippen molar-refractivity contribution in [3.05, 3.63) is 60.2 Å². The van der Waals surface area contributed by atoms with Gasteiger partial charge in [0.15, 0.2) is 0 Å². The second-order valence-electron chi connectivity index (χ2n) is 7.19. The molecule has 1 aliphatic rings. The number of likely N-dealkylation sites (tertiary alicyclic amines) is 1. The second-order valence-corrected chi connectivity index (χ2v) is 8.97. The monoisotopic (exact) mass is 386 g/mol. The van der Waals surface area contributed by atoms with Gasteiger partial charge in [0.05, 0.1) is 12.3 Å². The van der Waals surface area contributed by atoms with Gasteiger partial charge in [-0.2, -0.15) is 0 Å². The van der Waals surface area contributed by atoms with Gasteiger partial charge in [-0.05, 0) is 36.0 Å². The predicted molar refractivity (Wildman–Crippen MR) is 108 cm³/mol. The van der Waals surface area contributed by atoms with Crippen molar-refractivity contribution in [1.29, 1.82) is 0 Å². The third kappa shape index (κ3) is 5.17. The van der Waals surface area contributed by atoms with Crippen LogP contribution in [-0.2, 0) is 21.2 Å². The van der Waals surface area contributed by atoms with E-state index in [9.17, 15) is 13.2 Å². The summed E-state index contributed by atoms with van der Waals surface area (Å²) in [4.78, 5) is 14.0. The van der Waals surface area contributed by atoms with Gasteiger partial charge < -0.3 is 4.90 Å². The molecule has 5 nitrogen and oxygen atoms in total. The smallest absolute Gasteiger partial charge is 0.219 e. The van der Waals surface area contributed by atoms with Crippen LogP contribution in [0.2, 0.25) is 0 Å². The van der Waals surface area contributed by atoms with Gasteiger partial charge in [-0.1, -0.05) is 54.6 Å². The molecule has 1 fully saturated rings. The Morgan fingerprint density at radius 3 is 2.48 bits per heavy atom. The molecule has 1 saturated heterocycles. The maximum absolute atomic E-state index is 12.1. The third-order valence-electron chi connectivity index (χ3n) is 5.03. The average Bonchev–Trinajstić information content (AvgIpc) is 2.63. The number of carbonyl (C=O) groups is 1. The van der Waals surface area contributed by atoms with E-state index in [4.69, 9.17) is 0 Å². The molecule has 2 unspecified atom stereocenters. The van der Waals surface area contributed by atoms with Gasteiger partial charge in [-0.15, -0.1) is 0 Å². The van der Waals surface area contributed by atoms with Crippen LogP contribution in [0.15, 0.2) is 54.6 Å². The molecule has 0 bridgehead atoms. The highest BCUT2D eigenvalue weighted by Crippen LogP contribution is 2.25. The molecule has 0 saturated carbocycles. The van der Waals surface area contributed by atoms with E-state index in [2.05, 4.69) is 29.0 Å². The minimum absolute atomic E-state index is 0.0146. The lowest BCUT2D eigenvalue weighted by atomic mass is 9.90. The summed E-state index contributed by atoms with van der Waals surface area (Å²) in [5.41, 5.74) is 3.35. The molecule has 144 valence electrons. The summed E-state index contributed by atoms with van der Waals surface area (Å²) in [5, 5.41) is 0. The molecule has 6 heteroatoms. The van der Waals surface area contributed by atoms with E-state index in [-0.39, 0.29) is 18.0 Å². The molecule has 2 aromatic rings. The quantitative estimate of drug-likeness (QED) is 0.859. The van der Waals surface area contributed by atoms with E-state index >= 15 is 0 Å².